The summed E-state index contributed by atoms with van der Waals surface area (Å²) in [6, 6.07) is 7.17. The second-order valence-corrected chi connectivity index (χ2v) is 6.16. The summed E-state index contributed by atoms with van der Waals surface area (Å²) >= 11 is 7.01. The van der Waals surface area contributed by atoms with Crippen LogP contribution >= 0.6 is 23.1 Å². The average Bonchev–Trinajstić information content (AvgIpc) is 3.25. The number of benzene rings is 1. The average molecular weight is 337 g/mol. The van der Waals surface area contributed by atoms with E-state index in [2.05, 4.69) is 20.0 Å². The van der Waals surface area contributed by atoms with Crippen molar-refractivity contribution in [2.45, 2.75) is 12.8 Å². The lowest BCUT2D eigenvalue weighted by atomic mass is 10.2. The maximum absolute atomic E-state index is 11.8. The maximum Gasteiger partial charge on any atom is 0.245 e. The van der Waals surface area contributed by atoms with Gasteiger partial charge >= 0.3 is 0 Å². The zero-order valence-electron chi connectivity index (χ0n) is 11.5. The van der Waals surface area contributed by atoms with Gasteiger partial charge in [-0.25, -0.2) is 0 Å². The number of nitrogens with one attached hydrogen (secondary N) is 2. The van der Waals surface area contributed by atoms with Gasteiger partial charge in [0, 0.05) is 28.0 Å². The van der Waals surface area contributed by atoms with Crippen LogP contribution in [0.3, 0.4) is 0 Å². The third kappa shape index (κ3) is 3.80. The number of hydrogen-bond donors (Lipinski definition) is 2. The van der Waals surface area contributed by atoms with E-state index in [1.54, 1.807) is 12.1 Å². The summed E-state index contributed by atoms with van der Waals surface area (Å²) in [5.74, 6) is 0.211. The minimum Gasteiger partial charge on any atom is -0.347 e. The van der Waals surface area contributed by atoms with Gasteiger partial charge < -0.3 is 5.32 Å². The molecule has 22 heavy (non-hydrogen) atoms. The largest absolute Gasteiger partial charge is 0.347 e. The van der Waals surface area contributed by atoms with Crippen molar-refractivity contribution in [2.75, 3.05) is 11.9 Å². The van der Waals surface area contributed by atoms with Gasteiger partial charge in [-0.3, -0.25) is 14.9 Å². The molecule has 3 rings (SSSR count). The van der Waals surface area contributed by atoms with Crippen molar-refractivity contribution in [1.29, 1.82) is 0 Å². The molecule has 1 aliphatic rings. The van der Waals surface area contributed by atoms with Crippen LogP contribution in [0.1, 0.15) is 12.8 Å². The highest BCUT2D eigenvalue weighted by molar-refractivity contribution is 7.10. The van der Waals surface area contributed by atoms with E-state index < -0.39 is 0 Å². The van der Waals surface area contributed by atoms with Gasteiger partial charge in [0.15, 0.2) is 5.82 Å². The molecule has 2 N–H and O–H groups in total. The summed E-state index contributed by atoms with van der Waals surface area (Å²) in [4.78, 5) is 27.4. The van der Waals surface area contributed by atoms with E-state index in [1.165, 1.54) is 0 Å². The van der Waals surface area contributed by atoms with Gasteiger partial charge in [-0.15, -0.1) is 0 Å². The fourth-order valence-electron chi connectivity index (χ4n) is 1.84. The molecule has 0 spiro atoms. The Morgan fingerprint density at radius 2 is 2.18 bits per heavy atom. The molecule has 1 aromatic carbocycles. The van der Waals surface area contributed by atoms with Crippen LogP contribution in [0.5, 0.6) is 0 Å². The summed E-state index contributed by atoms with van der Waals surface area (Å²) in [6.07, 6.45) is 1.82. The first-order valence-electron chi connectivity index (χ1n) is 6.79. The van der Waals surface area contributed by atoms with Gasteiger partial charge in [0.2, 0.25) is 16.9 Å². The molecule has 1 aromatic heterocycles. The zero-order valence-corrected chi connectivity index (χ0v) is 13.1. The molecule has 114 valence electrons. The van der Waals surface area contributed by atoms with Gasteiger partial charge in [-0.1, -0.05) is 23.7 Å². The summed E-state index contributed by atoms with van der Waals surface area (Å²) < 4.78 is 4.18. The van der Waals surface area contributed by atoms with Crippen molar-refractivity contribution in [2.24, 2.45) is 5.92 Å². The monoisotopic (exact) mass is 336 g/mol. The third-order valence-corrected chi connectivity index (χ3v) is 3.99. The van der Waals surface area contributed by atoms with Gasteiger partial charge in [-0.05, 0) is 25.0 Å². The van der Waals surface area contributed by atoms with Gasteiger partial charge in [-0.2, -0.15) is 9.36 Å². The fourth-order valence-corrected chi connectivity index (χ4v) is 2.64. The first-order valence-corrected chi connectivity index (χ1v) is 7.94. The topological polar surface area (TPSA) is 84.0 Å². The number of nitrogens with zero attached hydrogens (tertiary/aromatic N) is 2. The van der Waals surface area contributed by atoms with Crippen LogP contribution in [0.25, 0.3) is 11.4 Å². The van der Waals surface area contributed by atoms with E-state index in [0.717, 1.165) is 29.9 Å². The summed E-state index contributed by atoms with van der Waals surface area (Å²) in [5.41, 5.74) is 0.784. The second kappa shape index (κ2) is 6.41. The predicted octanol–water partition coefficient (Wildman–Crippen LogP) is 2.32. The second-order valence-electron chi connectivity index (χ2n) is 4.97. The number of halogens is 1. The Labute approximate surface area is 136 Å². The number of hydrogen-bond acceptors (Lipinski definition) is 5. The highest BCUT2D eigenvalue weighted by atomic mass is 35.5. The Balaban J connectivity index is 1.56. The minimum atomic E-state index is -0.317. The number of amides is 2. The SMILES string of the molecule is O=C(CNC(=O)C1CC1)Nc1nc(-c2cccc(Cl)c2)ns1. The van der Waals surface area contributed by atoms with Crippen LogP contribution in [0.4, 0.5) is 5.13 Å². The van der Waals surface area contributed by atoms with Crippen molar-refractivity contribution in [3.05, 3.63) is 29.3 Å². The van der Waals surface area contributed by atoms with E-state index in [9.17, 15) is 9.59 Å². The lowest BCUT2D eigenvalue weighted by Crippen LogP contribution is -2.33. The maximum atomic E-state index is 11.8. The van der Waals surface area contributed by atoms with E-state index in [1.807, 2.05) is 12.1 Å². The van der Waals surface area contributed by atoms with Crippen LogP contribution in [0.2, 0.25) is 5.02 Å². The highest BCUT2D eigenvalue weighted by Gasteiger charge is 2.29. The van der Waals surface area contributed by atoms with E-state index >= 15 is 0 Å². The molecule has 1 fully saturated rings. The normalized spacial score (nSPS) is 13.7. The summed E-state index contributed by atoms with van der Waals surface area (Å²) in [7, 11) is 0. The Morgan fingerprint density at radius 3 is 2.91 bits per heavy atom. The molecule has 6 nitrogen and oxygen atoms in total. The van der Waals surface area contributed by atoms with E-state index in [4.69, 9.17) is 11.6 Å². The molecule has 0 atom stereocenters. The standard InChI is InChI=1S/C14H13ClN4O2S/c15-10-3-1-2-9(6-10)12-18-14(22-19-12)17-11(20)7-16-13(21)8-4-5-8/h1-3,6,8H,4-5,7H2,(H,16,21)(H,17,18,19,20). The Morgan fingerprint density at radius 1 is 1.36 bits per heavy atom. The van der Waals surface area contributed by atoms with Crippen LogP contribution in [0, 0.1) is 5.92 Å². The number of aromatic nitrogens is 2. The first kappa shape index (κ1) is 14.9. The van der Waals surface area contributed by atoms with Crippen LogP contribution in [-0.2, 0) is 9.59 Å². The smallest absolute Gasteiger partial charge is 0.245 e. The molecule has 2 aromatic rings. The van der Waals surface area contributed by atoms with Crippen molar-refractivity contribution >= 4 is 40.1 Å². The van der Waals surface area contributed by atoms with Crippen LogP contribution in [-0.4, -0.2) is 27.7 Å². The molecule has 8 heteroatoms. The van der Waals surface area contributed by atoms with Gasteiger partial charge in [0.05, 0.1) is 6.54 Å². The van der Waals surface area contributed by atoms with E-state index in [0.29, 0.717) is 16.0 Å². The molecule has 0 saturated heterocycles. The Bertz CT molecular complexity index is 714. The molecule has 0 unspecified atom stereocenters. The number of rotatable bonds is 5. The zero-order chi connectivity index (χ0) is 15.5. The molecular weight excluding hydrogens is 324 g/mol. The molecular formula is C14H13ClN4O2S. The molecule has 0 radical (unpaired) electrons. The third-order valence-electron chi connectivity index (χ3n) is 3.13. The lowest BCUT2D eigenvalue weighted by Gasteiger charge is -2.03. The fraction of sp³-hybridized carbons (Fsp3) is 0.286. The first-order chi connectivity index (χ1) is 10.6. The minimum absolute atomic E-state index is 0.0542. The number of carbonyl (C=O) groups excluding carboxylic acids is 2. The summed E-state index contributed by atoms with van der Waals surface area (Å²) in [6.45, 7) is -0.0542. The van der Waals surface area contributed by atoms with Crippen molar-refractivity contribution in [3.63, 3.8) is 0 Å². The van der Waals surface area contributed by atoms with Gasteiger partial charge in [0.1, 0.15) is 0 Å². The lowest BCUT2D eigenvalue weighted by molar-refractivity contribution is -0.125. The predicted molar refractivity (Wildman–Crippen MR) is 84.7 cm³/mol. The van der Waals surface area contributed by atoms with Crippen LogP contribution < -0.4 is 10.6 Å². The molecule has 1 saturated carbocycles. The molecule has 0 aliphatic heterocycles. The van der Waals surface area contributed by atoms with Gasteiger partial charge in [0.25, 0.3) is 0 Å². The van der Waals surface area contributed by atoms with Crippen molar-refractivity contribution in [1.82, 2.24) is 14.7 Å². The van der Waals surface area contributed by atoms with Crippen LogP contribution in [0.15, 0.2) is 24.3 Å². The molecule has 1 heterocycles. The summed E-state index contributed by atoms with van der Waals surface area (Å²) in [5, 5.41) is 6.21. The van der Waals surface area contributed by atoms with Crippen molar-refractivity contribution in [3.8, 4) is 11.4 Å². The number of carbonyl (C=O) groups is 2. The Kier molecular flexibility index (Phi) is 4.35. The quantitative estimate of drug-likeness (QED) is 0.877. The van der Waals surface area contributed by atoms with Crippen molar-refractivity contribution < 1.29 is 9.59 Å². The molecule has 2 amide bonds. The molecule has 0 bridgehead atoms. The van der Waals surface area contributed by atoms with E-state index in [-0.39, 0.29) is 24.3 Å². The highest BCUT2D eigenvalue weighted by Crippen LogP contribution is 2.28. The molecule has 1 aliphatic carbocycles. The Hall–Kier alpha value is -1.99. The number of anilines is 1.